The number of carboxylic acid groups (broad SMARTS) is 1. The number of Topliss-reactive ketones (excluding diaryl/α,β-unsaturated/α-hetero) is 1. The summed E-state index contributed by atoms with van der Waals surface area (Å²) in [7, 11) is 6.58. The Kier molecular flexibility index (Phi) is 18.0. The number of esters is 1. The minimum absolute atomic E-state index is 0.0233. The molecule has 5 heterocycles. The first-order valence-electron chi connectivity index (χ1n) is 25.6. The van der Waals surface area contributed by atoms with E-state index >= 15 is 0 Å². The van der Waals surface area contributed by atoms with Gasteiger partial charge in [-0.25, -0.2) is 14.6 Å². The SMILES string of the molecule is CCC(C)(C)C(=O)C(=O)N1CCCC[C@H]1C(=O)O[C@H](CCc1ccc(OC)c(OC)c1)c1cccc(OCCNc2ccc(CN3C[C@@H](SC4=C(C(=O)O)N5C(=O)[C@H]([C@@H](C)O)[C@H]5[C@H]4C)C[C@H]3C(=O)N(C)C)cn2)c1. The van der Waals surface area contributed by atoms with Gasteiger partial charge in [0.05, 0.1) is 44.9 Å². The Morgan fingerprint density at radius 3 is 2.39 bits per heavy atom. The number of ketones is 1. The summed E-state index contributed by atoms with van der Waals surface area (Å²) in [6.45, 7) is 10.7. The predicted octanol–water partition coefficient (Wildman–Crippen LogP) is 6.11. The number of amides is 3. The van der Waals surface area contributed by atoms with Crippen LogP contribution in [-0.2, 0) is 46.5 Å². The van der Waals surface area contributed by atoms with Gasteiger partial charge in [0.15, 0.2) is 11.5 Å². The number of rotatable bonds is 23. The number of likely N-dealkylation sites (N-methyl/N-ethyl adjacent to an activating group) is 1. The van der Waals surface area contributed by atoms with E-state index in [-0.39, 0.29) is 35.3 Å². The quantitative estimate of drug-likeness (QED) is 0.0422. The van der Waals surface area contributed by atoms with Gasteiger partial charge in [0.25, 0.3) is 5.91 Å². The summed E-state index contributed by atoms with van der Waals surface area (Å²) in [5.74, 6) is -1.90. The molecule has 3 amide bonds. The summed E-state index contributed by atoms with van der Waals surface area (Å²) in [6.07, 6.45) is 3.85. The molecule has 4 aliphatic heterocycles. The van der Waals surface area contributed by atoms with Crippen LogP contribution in [0.1, 0.15) is 95.9 Å². The molecule has 74 heavy (non-hydrogen) atoms. The van der Waals surface area contributed by atoms with E-state index in [9.17, 15) is 39.0 Å². The molecule has 3 saturated heterocycles. The number of methoxy groups -OCH3 is 2. The fourth-order valence-corrected chi connectivity index (χ4v) is 11.9. The minimum Gasteiger partial charge on any atom is -0.493 e. The zero-order chi connectivity index (χ0) is 53.6. The van der Waals surface area contributed by atoms with Crippen LogP contribution in [-0.4, -0.2) is 154 Å². The van der Waals surface area contributed by atoms with Gasteiger partial charge in [-0.15, -0.1) is 11.8 Å². The summed E-state index contributed by atoms with van der Waals surface area (Å²) in [5.41, 5.74) is 1.66. The molecule has 0 radical (unpaired) electrons. The predicted molar refractivity (Wildman–Crippen MR) is 278 cm³/mol. The second-order valence-electron chi connectivity index (χ2n) is 20.6. The zero-order valence-electron chi connectivity index (χ0n) is 44.0. The number of aromatic nitrogens is 1. The highest BCUT2D eigenvalue weighted by Gasteiger charge is 2.60. The normalized spacial score (nSPS) is 22.6. The van der Waals surface area contributed by atoms with Gasteiger partial charge in [-0.2, -0.15) is 0 Å². The Balaban J connectivity index is 0.978. The fourth-order valence-electron chi connectivity index (χ4n) is 10.4. The molecule has 3 aromatic rings. The Morgan fingerprint density at radius 2 is 1.73 bits per heavy atom. The Hall–Kier alpha value is -6.18. The van der Waals surface area contributed by atoms with E-state index in [0.717, 1.165) is 17.5 Å². The average Bonchev–Trinajstić information content (AvgIpc) is 3.90. The average molecular weight is 1040 g/mol. The Labute approximate surface area is 438 Å². The molecule has 7 rings (SSSR count). The highest BCUT2D eigenvalue weighted by molar-refractivity contribution is 8.03. The third kappa shape index (κ3) is 12.2. The topological polar surface area (TPSA) is 218 Å². The van der Waals surface area contributed by atoms with Crippen LogP contribution in [0.25, 0.3) is 0 Å². The molecule has 8 atom stereocenters. The van der Waals surface area contributed by atoms with Crippen LogP contribution >= 0.6 is 11.8 Å². The number of piperidine rings is 1. The van der Waals surface area contributed by atoms with Crippen molar-refractivity contribution in [3.8, 4) is 17.2 Å². The second kappa shape index (κ2) is 24.0. The zero-order valence-corrected chi connectivity index (χ0v) is 44.8. The number of likely N-dealkylation sites (tertiary alicyclic amines) is 2. The van der Waals surface area contributed by atoms with Crippen molar-refractivity contribution >= 4 is 53.0 Å². The van der Waals surface area contributed by atoms with Gasteiger partial charge < -0.3 is 49.2 Å². The third-order valence-electron chi connectivity index (χ3n) is 14.9. The van der Waals surface area contributed by atoms with Crippen LogP contribution in [0.15, 0.2) is 71.4 Å². The monoisotopic (exact) mass is 1040 g/mol. The summed E-state index contributed by atoms with van der Waals surface area (Å²) >= 11 is 1.42. The van der Waals surface area contributed by atoms with Crippen molar-refractivity contribution in [2.24, 2.45) is 17.3 Å². The summed E-state index contributed by atoms with van der Waals surface area (Å²) in [4.78, 5) is 91.6. The molecule has 18 nitrogen and oxygen atoms in total. The molecule has 0 unspecified atom stereocenters. The van der Waals surface area contributed by atoms with Gasteiger partial charge in [0, 0.05) is 61.4 Å². The molecular formula is C55H72N6O12S. The molecule has 0 spiro atoms. The van der Waals surface area contributed by atoms with E-state index in [4.69, 9.17) is 18.9 Å². The lowest BCUT2D eigenvalue weighted by Gasteiger charge is -2.46. The number of carbonyl (C=O) groups is 6. The fraction of sp³-hybridized carbons (Fsp3) is 0.545. The van der Waals surface area contributed by atoms with E-state index in [2.05, 4.69) is 15.2 Å². The highest BCUT2D eigenvalue weighted by Crippen LogP contribution is 2.52. The molecule has 3 N–H and O–H groups in total. The number of hydrogen-bond donors (Lipinski definition) is 3. The lowest BCUT2D eigenvalue weighted by Crippen LogP contribution is -2.63. The van der Waals surface area contributed by atoms with E-state index < -0.39 is 65.3 Å². The number of aryl methyl sites for hydroxylation is 1. The van der Waals surface area contributed by atoms with E-state index in [1.807, 2.05) is 68.4 Å². The maximum Gasteiger partial charge on any atom is 0.353 e. The molecule has 4 aliphatic rings. The van der Waals surface area contributed by atoms with Crippen LogP contribution in [0, 0.1) is 17.3 Å². The van der Waals surface area contributed by atoms with Crippen molar-refractivity contribution in [3.63, 3.8) is 0 Å². The maximum atomic E-state index is 14.1. The first kappa shape index (κ1) is 55.6. The van der Waals surface area contributed by atoms with Crippen LogP contribution in [0.5, 0.6) is 17.2 Å². The van der Waals surface area contributed by atoms with Crippen molar-refractivity contribution in [1.82, 2.24) is 24.6 Å². The van der Waals surface area contributed by atoms with Crippen LogP contribution in [0.4, 0.5) is 5.82 Å². The van der Waals surface area contributed by atoms with E-state index in [1.54, 1.807) is 60.2 Å². The van der Waals surface area contributed by atoms with Crippen molar-refractivity contribution in [3.05, 3.63) is 88.1 Å². The maximum absolute atomic E-state index is 14.1. The number of β-lactam (4-membered cyclic amide) rings is 1. The molecule has 3 fully saturated rings. The van der Waals surface area contributed by atoms with Gasteiger partial charge in [-0.1, -0.05) is 52.0 Å². The molecule has 2 aromatic carbocycles. The number of carbonyl (C=O) groups excluding carboxylic acids is 5. The minimum atomic E-state index is -1.18. The first-order valence-corrected chi connectivity index (χ1v) is 26.4. The van der Waals surface area contributed by atoms with Gasteiger partial charge >= 0.3 is 11.9 Å². The number of hydrogen-bond acceptors (Lipinski definition) is 15. The van der Waals surface area contributed by atoms with Crippen LogP contribution in [0.3, 0.4) is 0 Å². The molecular weight excluding hydrogens is 969 g/mol. The number of nitrogens with zero attached hydrogens (tertiary/aromatic N) is 5. The van der Waals surface area contributed by atoms with Crippen molar-refractivity contribution in [2.45, 2.75) is 122 Å². The lowest BCUT2D eigenvalue weighted by atomic mass is 9.79. The first-order chi connectivity index (χ1) is 35.3. The number of fused-ring (bicyclic) bond motifs is 1. The summed E-state index contributed by atoms with van der Waals surface area (Å²) in [6, 6.07) is 15.1. The Bertz CT molecular complexity index is 2590. The number of nitrogens with one attached hydrogen (secondary N) is 1. The van der Waals surface area contributed by atoms with Gasteiger partial charge in [0.1, 0.15) is 36.0 Å². The van der Waals surface area contributed by atoms with Gasteiger partial charge in [-0.3, -0.25) is 24.1 Å². The summed E-state index contributed by atoms with van der Waals surface area (Å²) in [5, 5.41) is 23.7. The van der Waals surface area contributed by atoms with Crippen molar-refractivity contribution in [2.75, 3.05) is 59.9 Å². The molecule has 1 aromatic heterocycles. The largest absolute Gasteiger partial charge is 0.493 e. The second-order valence-corrected chi connectivity index (χ2v) is 21.9. The number of carboxylic acids is 1. The van der Waals surface area contributed by atoms with Crippen molar-refractivity contribution in [1.29, 1.82) is 0 Å². The smallest absolute Gasteiger partial charge is 0.353 e. The number of ether oxygens (including phenoxy) is 4. The van der Waals surface area contributed by atoms with E-state index in [1.165, 1.54) is 21.6 Å². The lowest BCUT2D eigenvalue weighted by molar-refractivity contribution is -0.164. The molecule has 400 valence electrons. The molecule has 0 aliphatic carbocycles. The van der Waals surface area contributed by atoms with Crippen LogP contribution in [0.2, 0.25) is 0 Å². The number of aliphatic hydroxyl groups excluding tert-OH is 1. The van der Waals surface area contributed by atoms with Gasteiger partial charge in [-0.05, 0) is 98.9 Å². The van der Waals surface area contributed by atoms with Gasteiger partial charge in [0.2, 0.25) is 17.6 Å². The number of anilines is 1. The number of pyridine rings is 1. The number of benzene rings is 2. The van der Waals surface area contributed by atoms with Crippen LogP contribution < -0.4 is 19.5 Å². The molecule has 0 saturated carbocycles. The summed E-state index contributed by atoms with van der Waals surface area (Å²) < 4.78 is 23.5. The number of aliphatic hydroxyl groups is 1. The number of thioether (sulfide) groups is 1. The third-order valence-corrected chi connectivity index (χ3v) is 16.4. The molecule has 19 heteroatoms. The Morgan fingerprint density at radius 1 is 0.986 bits per heavy atom. The standard InChI is InChI=1S/C55H72N6O12S/c1-10-55(4,5)49(63)52(66)60-24-12-11-16-39(60)54(69)73-41(20-17-34-18-21-42(70-8)43(26-34)71-9)36-14-13-15-37(27-36)72-25-23-56-44-22-19-35(29-57-44)30-59-31-38(28-40(59)50(64)58(6)7)74-48-32(2)46-45(33(3)62)51(65)61(46)47(48)53(67)68/h13-15,18-19,21-22,26-27,29,32-33,38-41,45-46,62H,10-12,16-17,20,23-25,28,30-31H2,1-9H3,(H,56,57)(H,67,68)/t32-,33-,38+,39+,40+,41-,45-,46-/m1/s1. The highest BCUT2D eigenvalue weighted by atomic mass is 32.2. The van der Waals surface area contributed by atoms with E-state index in [0.29, 0.717) is 98.2 Å². The molecule has 0 bridgehead atoms. The number of aliphatic carboxylic acids is 1. The van der Waals surface area contributed by atoms with Crippen molar-refractivity contribution < 1.29 is 57.9 Å².